The minimum atomic E-state index is -0.0135. The van der Waals surface area contributed by atoms with Gasteiger partial charge in [-0.2, -0.15) is 0 Å². The summed E-state index contributed by atoms with van der Waals surface area (Å²) in [7, 11) is 3.91. The van der Waals surface area contributed by atoms with Crippen LogP contribution >= 0.6 is 0 Å². The lowest BCUT2D eigenvalue weighted by atomic mass is 9.95. The number of nitrogens with zero attached hydrogens (tertiary/aromatic N) is 5. The van der Waals surface area contributed by atoms with Gasteiger partial charge in [0, 0.05) is 46.3 Å². The second-order valence-electron chi connectivity index (χ2n) is 8.96. The second kappa shape index (κ2) is 9.26. The van der Waals surface area contributed by atoms with E-state index in [0.717, 1.165) is 24.1 Å². The van der Waals surface area contributed by atoms with Crippen LogP contribution < -0.4 is 10.2 Å². The molecule has 0 radical (unpaired) electrons. The zero-order chi connectivity index (χ0) is 20.2. The summed E-state index contributed by atoms with van der Waals surface area (Å²) in [6.07, 6.45) is 6.79. The van der Waals surface area contributed by atoms with Crippen molar-refractivity contribution in [1.82, 2.24) is 19.8 Å². The van der Waals surface area contributed by atoms with Crippen molar-refractivity contribution in [2.24, 2.45) is 11.8 Å². The summed E-state index contributed by atoms with van der Waals surface area (Å²) >= 11 is 0. The fourth-order valence-electron chi connectivity index (χ4n) is 4.22. The van der Waals surface area contributed by atoms with Crippen LogP contribution in [0.2, 0.25) is 0 Å². The molecule has 2 saturated heterocycles. The highest BCUT2D eigenvalue weighted by molar-refractivity contribution is 5.78. The van der Waals surface area contributed by atoms with Crippen LogP contribution in [0.4, 0.5) is 11.6 Å². The van der Waals surface area contributed by atoms with Crippen molar-refractivity contribution in [3.8, 4) is 0 Å². The number of carbonyl (C=O) groups is 1. The smallest absolute Gasteiger partial charge is 0.248 e. The molecule has 0 aromatic carbocycles. The standard InChI is InChI=1S/C21H34N6O2/c1-25(2)20-9-19(23-15-24-20)22-10-18-13-27(21(28)14-29-18)12-17-5-7-26(8-6-17)11-16-3-4-16/h9,15-18H,3-8,10-14H2,1-2H3,(H,22,23,24)/t18-/m1/s1. The molecule has 0 bridgehead atoms. The van der Waals surface area contributed by atoms with E-state index in [1.807, 2.05) is 30.0 Å². The Hall–Kier alpha value is -1.93. The van der Waals surface area contributed by atoms with E-state index in [4.69, 9.17) is 4.74 Å². The number of carbonyl (C=O) groups excluding carboxylic acids is 1. The Bertz CT molecular complexity index is 688. The Morgan fingerprint density at radius 3 is 2.62 bits per heavy atom. The molecule has 1 aromatic heterocycles. The third-order valence-electron chi connectivity index (χ3n) is 6.24. The highest BCUT2D eigenvalue weighted by Gasteiger charge is 2.31. The lowest BCUT2D eigenvalue weighted by molar-refractivity contribution is -0.149. The van der Waals surface area contributed by atoms with Gasteiger partial charge in [-0.1, -0.05) is 0 Å². The van der Waals surface area contributed by atoms with Gasteiger partial charge >= 0.3 is 0 Å². The molecule has 0 unspecified atom stereocenters. The lowest BCUT2D eigenvalue weighted by Crippen LogP contribution is -2.51. The molecule has 1 saturated carbocycles. The summed E-state index contributed by atoms with van der Waals surface area (Å²) in [5.41, 5.74) is 0. The molecule has 1 atom stereocenters. The summed E-state index contributed by atoms with van der Waals surface area (Å²) in [6, 6.07) is 1.92. The van der Waals surface area contributed by atoms with E-state index in [0.29, 0.717) is 19.0 Å². The first kappa shape index (κ1) is 20.3. The Kier molecular flexibility index (Phi) is 6.50. The van der Waals surface area contributed by atoms with Crippen molar-refractivity contribution in [2.45, 2.75) is 31.8 Å². The number of amides is 1. The van der Waals surface area contributed by atoms with Gasteiger partial charge in [0.05, 0.1) is 6.10 Å². The molecular weight excluding hydrogens is 368 g/mol. The number of hydrogen-bond donors (Lipinski definition) is 1. The fraction of sp³-hybridized carbons (Fsp3) is 0.762. The highest BCUT2D eigenvalue weighted by atomic mass is 16.5. The molecule has 1 aromatic rings. The van der Waals surface area contributed by atoms with E-state index in [1.165, 1.54) is 45.3 Å². The molecule has 29 heavy (non-hydrogen) atoms. The first-order chi connectivity index (χ1) is 14.1. The van der Waals surface area contributed by atoms with E-state index in [9.17, 15) is 4.79 Å². The molecule has 160 valence electrons. The first-order valence-corrected chi connectivity index (χ1v) is 10.9. The number of piperidine rings is 1. The molecule has 3 fully saturated rings. The molecule has 8 nitrogen and oxygen atoms in total. The number of likely N-dealkylation sites (tertiary alicyclic amines) is 1. The van der Waals surface area contributed by atoms with Gasteiger partial charge in [0.25, 0.3) is 0 Å². The molecular formula is C21H34N6O2. The van der Waals surface area contributed by atoms with E-state index in [-0.39, 0.29) is 18.6 Å². The topological polar surface area (TPSA) is 73.8 Å². The van der Waals surface area contributed by atoms with Crippen LogP contribution in [-0.2, 0) is 9.53 Å². The van der Waals surface area contributed by atoms with E-state index >= 15 is 0 Å². The third-order valence-corrected chi connectivity index (χ3v) is 6.24. The van der Waals surface area contributed by atoms with Crippen molar-refractivity contribution < 1.29 is 9.53 Å². The van der Waals surface area contributed by atoms with Gasteiger partial charge in [-0.3, -0.25) is 4.79 Å². The lowest BCUT2D eigenvalue weighted by Gasteiger charge is -2.38. The third kappa shape index (κ3) is 5.79. The average molecular weight is 403 g/mol. The zero-order valence-electron chi connectivity index (χ0n) is 17.7. The quantitative estimate of drug-likeness (QED) is 0.703. The van der Waals surface area contributed by atoms with Gasteiger partial charge in [-0.15, -0.1) is 0 Å². The largest absolute Gasteiger partial charge is 0.367 e. The van der Waals surface area contributed by atoms with Gasteiger partial charge in [0.15, 0.2) is 0 Å². The number of hydrogen-bond acceptors (Lipinski definition) is 7. The summed E-state index contributed by atoms with van der Waals surface area (Å²) in [4.78, 5) is 27.5. The highest BCUT2D eigenvalue weighted by Crippen LogP contribution is 2.31. The predicted molar refractivity (Wildman–Crippen MR) is 113 cm³/mol. The number of morpholine rings is 1. The monoisotopic (exact) mass is 402 g/mol. The Labute approximate surface area is 173 Å². The Morgan fingerprint density at radius 2 is 1.90 bits per heavy atom. The summed E-state index contributed by atoms with van der Waals surface area (Å²) in [5, 5.41) is 3.33. The zero-order valence-corrected chi connectivity index (χ0v) is 17.7. The summed E-state index contributed by atoms with van der Waals surface area (Å²) in [6.45, 7) is 6.00. The van der Waals surface area contributed by atoms with Crippen molar-refractivity contribution in [2.75, 3.05) is 70.2 Å². The van der Waals surface area contributed by atoms with Gasteiger partial charge in [-0.25, -0.2) is 9.97 Å². The van der Waals surface area contributed by atoms with E-state index in [2.05, 4.69) is 20.2 Å². The minimum Gasteiger partial charge on any atom is -0.367 e. The molecule has 1 aliphatic carbocycles. The normalized spacial score (nSPS) is 24.0. The van der Waals surface area contributed by atoms with Gasteiger partial charge in [0.2, 0.25) is 5.91 Å². The van der Waals surface area contributed by atoms with Crippen LogP contribution in [0.25, 0.3) is 0 Å². The van der Waals surface area contributed by atoms with E-state index in [1.54, 1.807) is 6.33 Å². The van der Waals surface area contributed by atoms with Gasteiger partial charge in [-0.05, 0) is 50.6 Å². The van der Waals surface area contributed by atoms with Crippen molar-refractivity contribution in [1.29, 1.82) is 0 Å². The maximum Gasteiger partial charge on any atom is 0.248 e. The first-order valence-electron chi connectivity index (χ1n) is 10.9. The summed E-state index contributed by atoms with van der Waals surface area (Å²) in [5.74, 6) is 3.34. The maximum atomic E-state index is 12.4. The fourth-order valence-corrected chi connectivity index (χ4v) is 4.22. The van der Waals surface area contributed by atoms with Crippen LogP contribution in [0.3, 0.4) is 0 Å². The molecule has 0 spiro atoms. The number of aromatic nitrogens is 2. The molecule has 4 rings (SSSR count). The second-order valence-corrected chi connectivity index (χ2v) is 8.96. The Balaban J connectivity index is 1.23. The molecule has 2 aliphatic heterocycles. The SMILES string of the molecule is CN(C)c1cc(NC[C@@H]2CN(CC3CCN(CC4CC4)CC3)C(=O)CO2)ncn1. The van der Waals surface area contributed by atoms with Crippen molar-refractivity contribution in [3.63, 3.8) is 0 Å². The van der Waals surface area contributed by atoms with Crippen LogP contribution in [0.5, 0.6) is 0 Å². The van der Waals surface area contributed by atoms with Crippen LogP contribution in [0, 0.1) is 11.8 Å². The Morgan fingerprint density at radius 1 is 1.14 bits per heavy atom. The molecule has 3 aliphatic rings. The number of ether oxygens (including phenoxy) is 1. The van der Waals surface area contributed by atoms with Gasteiger partial charge in [0.1, 0.15) is 24.6 Å². The van der Waals surface area contributed by atoms with Crippen molar-refractivity contribution in [3.05, 3.63) is 12.4 Å². The minimum absolute atomic E-state index is 0.0135. The predicted octanol–water partition coefficient (Wildman–Crippen LogP) is 1.30. The molecule has 1 amide bonds. The number of nitrogens with one attached hydrogen (secondary N) is 1. The van der Waals surface area contributed by atoms with E-state index < -0.39 is 0 Å². The summed E-state index contributed by atoms with van der Waals surface area (Å²) < 4.78 is 5.76. The number of rotatable bonds is 8. The van der Waals surface area contributed by atoms with Crippen LogP contribution in [0.15, 0.2) is 12.4 Å². The van der Waals surface area contributed by atoms with Crippen LogP contribution in [-0.4, -0.2) is 91.7 Å². The van der Waals surface area contributed by atoms with Crippen molar-refractivity contribution >= 4 is 17.5 Å². The molecule has 3 heterocycles. The van der Waals surface area contributed by atoms with Crippen LogP contribution in [0.1, 0.15) is 25.7 Å². The number of anilines is 2. The maximum absolute atomic E-state index is 12.4. The molecule has 1 N–H and O–H groups in total. The molecule has 8 heteroatoms. The van der Waals surface area contributed by atoms with Gasteiger partial charge < -0.3 is 24.8 Å². The average Bonchev–Trinajstić information content (AvgIpc) is 3.54.